The van der Waals surface area contributed by atoms with Crippen LogP contribution in [0.25, 0.3) is 11.5 Å². The van der Waals surface area contributed by atoms with E-state index in [9.17, 15) is 9.90 Å². The molecule has 0 unspecified atom stereocenters. The van der Waals surface area contributed by atoms with Gasteiger partial charge in [-0.05, 0) is 31.9 Å². The van der Waals surface area contributed by atoms with Gasteiger partial charge in [-0.1, -0.05) is 17.7 Å². The number of hydrogen-bond donors (Lipinski definition) is 2. The van der Waals surface area contributed by atoms with Gasteiger partial charge in [0.05, 0.1) is 6.20 Å². The Morgan fingerprint density at radius 1 is 1.20 bits per heavy atom. The van der Waals surface area contributed by atoms with Gasteiger partial charge in [-0.15, -0.1) is 5.10 Å². The summed E-state index contributed by atoms with van der Waals surface area (Å²) >= 11 is 0. The summed E-state index contributed by atoms with van der Waals surface area (Å²) in [5, 5.41) is 21.0. The number of oxazole rings is 2. The fraction of sp³-hybridized carbons (Fsp3) is 0.250. The number of aryl methyl sites for hydroxylation is 1. The third-order valence-electron chi connectivity index (χ3n) is 4.84. The Hall–Kier alpha value is -3.79. The van der Waals surface area contributed by atoms with E-state index in [0.717, 1.165) is 11.1 Å². The van der Waals surface area contributed by atoms with Crippen LogP contribution in [-0.2, 0) is 12.1 Å². The molecule has 1 amide bonds. The largest absolute Gasteiger partial charge is 0.446 e. The second-order valence-electron chi connectivity index (χ2n) is 7.28. The molecule has 10 nitrogen and oxygen atoms in total. The molecule has 0 atom stereocenters. The predicted molar refractivity (Wildman–Crippen MR) is 103 cm³/mol. The number of nitrogens with one attached hydrogen (secondary N) is 1. The van der Waals surface area contributed by atoms with Crippen LogP contribution < -0.4 is 5.32 Å². The summed E-state index contributed by atoms with van der Waals surface area (Å²) in [7, 11) is 0. The number of benzene rings is 1. The highest BCUT2D eigenvalue weighted by Gasteiger charge is 2.44. The molecule has 152 valence electrons. The van der Waals surface area contributed by atoms with Crippen molar-refractivity contribution in [3.63, 3.8) is 0 Å². The van der Waals surface area contributed by atoms with E-state index >= 15 is 0 Å². The number of amides is 1. The van der Waals surface area contributed by atoms with Gasteiger partial charge in [0.2, 0.25) is 11.8 Å². The van der Waals surface area contributed by atoms with Crippen LogP contribution in [-0.4, -0.2) is 36.0 Å². The lowest BCUT2D eigenvalue weighted by Gasteiger charge is -1.99. The van der Waals surface area contributed by atoms with Gasteiger partial charge in [0.15, 0.2) is 11.5 Å². The number of aromatic nitrogens is 5. The molecule has 0 aliphatic heterocycles. The lowest BCUT2D eigenvalue weighted by atomic mass is 10.1. The van der Waals surface area contributed by atoms with Crippen LogP contribution in [0.5, 0.6) is 0 Å². The van der Waals surface area contributed by atoms with Gasteiger partial charge in [-0.2, -0.15) is 9.90 Å². The third kappa shape index (κ3) is 3.60. The van der Waals surface area contributed by atoms with Crippen LogP contribution in [0, 0.1) is 6.92 Å². The minimum Gasteiger partial charge on any atom is -0.446 e. The Morgan fingerprint density at radius 2 is 2.00 bits per heavy atom. The number of nitrogens with zero attached hydrogens (tertiary/aromatic N) is 5. The first-order chi connectivity index (χ1) is 14.5. The van der Waals surface area contributed by atoms with Crippen LogP contribution in [0.3, 0.4) is 0 Å². The van der Waals surface area contributed by atoms with Crippen molar-refractivity contribution < 1.29 is 18.7 Å². The summed E-state index contributed by atoms with van der Waals surface area (Å²) in [5.74, 6) is 0.532. The molecule has 0 spiro atoms. The number of carbonyl (C=O) groups excluding carboxylic acids is 1. The van der Waals surface area contributed by atoms with Gasteiger partial charge >= 0.3 is 0 Å². The third-order valence-corrected chi connectivity index (χ3v) is 4.84. The molecule has 5 rings (SSSR count). The van der Waals surface area contributed by atoms with E-state index < -0.39 is 11.5 Å². The van der Waals surface area contributed by atoms with Gasteiger partial charge in [0.25, 0.3) is 5.91 Å². The normalized spacial score (nSPS) is 14.6. The van der Waals surface area contributed by atoms with Gasteiger partial charge in [-0.25, -0.2) is 9.97 Å². The minimum absolute atomic E-state index is 0.134. The zero-order valence-corrected chi connectivity index (χ0v) is 16.1. The van der Waals surface area contributed by atoms with Crippen LogP contribution in [0.1, 0.15) is 40.5 Å². The fourth-order valence-corrected chi connectivity index (χ4v) is 2.91. The smallest absolute Gasteiger partial charge is 0.278 e. The number of hydrogen-bond acceptors (Lipinski definition) is 8. The Bertz CT molecular complexity index is 1200. The van der Waals surface area contributed by atoms with Gasteiger partial charge in [0.1, 0.15) is 30.4 Å². The molecule has 0 bridgehead atoms. The first kappa shape index (κ1) is 18.3. The summed E-state index contributed by atoms with van der Waals surface area (Å²) in [4.78, 5) is 22.3. The van der Waals surface area contributed by atoms with E-state index in [2.05, 4.69) is 25.5 Å². The SMILES string of the molecule is Cc1ccc(-c2nc(C(=O)Nc3cnn(Cc4nc(C5(O)CC5)co4)n3)co2)cc1. The fourth-order valence-electron chi connectivity index (χ4n) is 2.91. The molecule has 1 saturated carbocycles. The average Bonchev–Trinajstić information content (AvgIpc) is 3.19. The quantitative estimate of drug-likeness (QED) is 0.499. The standard InChI is InChI=1S/C20H18N6O4/c1-12-2-4-13(5-3-12)19-22-14(10-30-19)18(27)24-16-8-21-26(25-16)9-17-23-15(11-29-17)20(28)6-7-20/h2-5,8,10-11,28H,6-7,9H2,1H3,(H,24,25,27). The zero-order valence-electron chi connectivity index (χ0n) is 16.1. The number of anilines is 1. The van der Waals surface area contributed by atoms with E-state index in [-0.39, 0.29) is 18.1 Å². The van der Waals surface area contributed by atoms with Crippen LogP contribution in [0.15, 0.2) is 51.8 Å². The second-order valence-corrected chi connectivity index (χ2v) is 7.28. The van der Waals surface area contributed by atoms with Crippen LogP contribution in [0.4, 0.5) is 5.82 Å². The Balaban J connectivity index is 1.23. The van der Waals surface area contributed by atoms with Crippen LogP contribution in [0.2, 0.25) is 0 Å². The minimum atomic E-state index is -0.854. The van der Waals surface area contributed by atoms with Crippen molar-refractivity contribution in [3.8, 4) is 11.5 Å². The van der Waals surface area contributed by atoms with E-state index in [1.807, 2.05) is 31.2 Å². The lowest BCUT2D eigenvalue weighted by molar-refractivity contribution is 0.102. The molecule has 1 aliphatic carbocycles. The van der Waals surface area contributed by atoms with Gasteiger partial charge < -0.3 is 19.3 Å². The summed E-state index contributed by atoms with van der Waals surface area (Å²) in [6.45, 7) is 2.16. The van der Waals surface area contributed by atoms with Crippen molar-refractivity contribution in [1.82, 2.24) is 25.0 Å². The van der Waals surface area contributed by atoms with E-state index in [1.165, 1.54) is 23.5 Å². The summed E-state index contributed by atoms with van der Waals surface area (Å²) in [6.07, 6.45) is 5.53. The van der Waals surface area contributed by atoms with Crippen molar-refractivity contribution in [2.24, 2.45) is 0 Å². The molecule has 4 aromatic rings. The van der Waals surface area contributed by atoms with Crippen molar-refractivity contribution in [2.75, 3.05) is 5.32 Å². The molecular weight excluding hydrogens is 388 g/mol. The second kappa shape index (κ2) is 6.92. The Kier molecular flexibility index (Phi) is 4.21. The average molecular weight is 406 g/mol. The van der Waals surface area contributed by atoms with Crippen molar-refractivity contribution in [2.45, 2.75) is 31.9 Å². The highest BCUT2D eigenvalue weighted by atomic mass is 16.3. The molecule has 3 heterocycles. The maximum atomic E-state index is 12.4. The van der Waals surface area contributed by atoms with Gasteiger partial charge in [-0.3, -0.25) is 4.79 Å². The summed E-state index contributed by atoms with van der Waals surface area (Å²) in [6, 6.07) is 7.65. The van der Waals surface area contributed by atoms with Crippen molar-refractivity contribution in [1.29, 1.82) is 0 Å². The van der Waals surface area contributed by atoms with Crippen molar-refractivity contribution in [3.05, 3.63) is 65.8 Å². The molecule has 1 fully saturated rings. The monoisotopic (exact) mass is 406 g/mol. The maximum Gasteiger partial charge on any atom is 0.278 e. The molecule has 2 N–H and O–H groups in total. The van der Waals surface area contributed by atoms with E-state index in [4.69, 9.17) is 8.83 Å². The molecule has 0 radical (unpaired) electrons. The molecule has 1 aliphatic rings. The van der Waals surface area contributed by atoms with Crippen LogP contribution >= 0.6 is 0 Å². The van der Waals surface area contributed by atoms with Gasteiger partial charge in [0, 0.05) is 5.56 Å². The molecule has 1 aromatic carbocycles. The number of aliphatic hydroxyl groups is 1. The number of rotatable bonds is 6. The molecule has 3 aromatic heterocycles. The first-order valence-electron chi connectivity index (χ1n) is 9.40. The molecule has 0 saturated heterocycles. The Morgan fingerprint density at radius 3 is 2.77 bits per heavy atom. The van der Waals surface area contributed by atoms with Crippen molar-refractivity contribution >= 4 is 11.7 Å². The maximum absolute atomic E-state index is 12.4. The highest BCUT2D eigenvalue weighted by Crippen LogP contribution is 2.44. The highest BCUT2D eigenvalue weighted by molar-refractivity contribution is 6.02. The molecule has 30 heavy (non-hydrogen) atoms. The number of carbonyl (C=O) groups is 1. The molecular formula is C20H18N6O4. The topological polar surface area (TPSA) is 132 Å². The van der Waals surface area contributed by atoms with E-state index in [0.29, 0.717) is 30.3 Å². The summed E-state index contributed by atoms with van der Waals surface area (Å²) in [5.41, 5.74) is 1.71. The molecule has 10 heteroatoms. The predicted octanol–water partition coefficient (Wildman–Crippen LogP) is 2.51. The summed E-state index contributed by atoms with van der Waals surface area (Å²) < 4.78 is 10.8. The zero-order chi connectivity index (χ0) is 20.7. The van der Waals surface area contributed by atoms with E-state index in [1.54, 1.807) is 0 Å². The first-order valence-corrected chi connectivity index (χ1v) is 9.40. The Labute approximate surface area is 170 Å². The lowest BCUT2D eigenvalue weighted by Crippen LogP contribution is -2.13.